The fourth-order valence-electron chi connectivity index (χ4n) is 1.92. The minimum Gasteiger partial charge on any atom is -0.397 e. The zero-order valence-electron chi connectivity index (χ0n) is 9.76. The van der Waals surface area contributed by atoms with Crippen LogP contribution in [0.5, 0.6) is 0 Å². The number of aromatic nitrogens is 1. The Hall–Kier alpha value is -2.07. The van der Waals surface area contributed by atoms with E-state index in [0.29, 0.717) is 0 Å². The van der Waals surface area contributed by atoms with Crippen molar-refractivity contribution in [2.24, 2.45) is 0 Å². The Morgan fingerprint density at radius 3 is 2.94 bits per heavy atom. The van der Waals surface area contributed by atoms with Crippen LogP contribution in [0.15, 0.2) is 48.0 Å². The number of hydrogen-bond donors (Lipinski definition) is 2. The summed E-state index contributed by atoms with van der Waals surface area (Å²) in [4.78, 5) is 5.58. The van der Waals surface area contributed by atoms with E-state index in [1.807, 2.05) is 24.3 Å². The number of pyridine rings is 1. The summed E-state index contributed by atoms with van der Waals surface area (Å²) in [5.41, 5.74) is 8.81. The molecule has 0 saturated carbocycles. The molecule has 18 heavy (non-hydrogen) atoms. The van der Waals surface area contributed by atoms with Crippen LogP contribution in [0.25, 0.3) is 10.9 Å². The Morgan fingerprint density at radius 1 is 1.17 bits per heavy atom. The third-order valence-electron chi connectivity index (χ3n) is 2.86. The Balaban J connectivity index is 1.90. The quantitative estimate of drug-likeness (QED) is 0.704. The largest absolute Gasteiger partial charge is 0.397 e. The van der Waals surface area contributed by atoms with Crippen molar-refractivity contribution in [1.29, 1.82) is 0 Å². The van der Waals surface area contributed by atoms with Gasteiger partial charge in [-0.15, -0.1) is 11.3 Å². The topological polar surface area (TPSA) is 50.9 Å². The van der Waals surface area contributed by atoms with E-state index in [1.54, 1.807) is 17.5 Å². The molecule has 0 spiro atoms. The summed E-state index contributed by atoms with van der Waals surface area (Å²) in [6.07, 6.45) is 1.78. The molecule has 2 aromatic heterocycles. The Labute approximate surface area is 109 Å². The molecule has 4 heteroatoms. The van der Waals surface area contributed by atoms with Crippen LogP contribution in [0, 0.1) is 0 Å². The van der Waals surface area contributed by atoms with Gasteiger partial charge < -0.3 is 11.1 Å². The molecule has 0 aliphatic carbocycles. The molecule has 3 nitrogen and oxygen atoms in total. The summed E-state index contributed by atoms with van der Waals surface area (Å²) in [6.45, 7) is 0.799. The summed E-state index contributed by atoms with van der Waals surface area (Å²) in [7, 11) is 0. The number of fused-ring (bicyclic) bond motifs is 1. The molecule has 90 valence electrons. The van der Waals surface area contributed by atoms with Gasteiger partial charge in [-0.05, 0) is 35.7 Å². The molecule has 0 aliphatic heterocycles. The van der Waals surface area contributed by atoms with Gasteiger partial charge in [0, 0.05) is 23.0 Å². The Morgan fingerprint density at radius 2 is 2.11 bits per heavy atom. The normalized spacial score (nSPS) is 10.7. The smallest absolute Gasteiger partial charge is 0.0724 e. The molecule has 3 rings (SSSR count). The minimum absolute atomic E-state index is 0.761. The van der Waals surface area contributed by atoms with Crippen molar-refractivity contribution in [3.05, 3.63) is 52.9 Å². The predicted molar refractivity (Wildman–Crippen MR) is 77.8 cm³/mol. The van der Waals surface area contributed by atoms with E-state index < -0.39 is 0 Å². The van der Waals surface area contributed by atoms with E-state index in [0.717, 1.165) is 28.8 Å². The van der Waals surface area contributed by atoms with E-state index in [9.17, 15) is 0 Å². The first-order valence-electron chi connectivity index (χ1n) is 5.74. The highest BCUT2D eigenvalue weighted by atomic mass is 32.1. The molecule has 0 unspecified atom stereocenters. The molecule has 0 fully saturated rings. The van der Waals surface area contributed by atoms with Crippen molar-refractivity contribution in [3.63, 3.8) is 0 Å². The monoisotopic (exact) mass is 255 g/mol. The van der Waals surface area contributed by atoms with Crippen molar-refractivity contribution in [2.75, 3.05) is 11.1 Å². The summed E-state index contributed by atoms with van der Waals surface area (Å²) < 4.78 is 0. The van der Waals surface area contributed by atoms with E-state index >= 15 is 0 Å². The number of nitrogens with zero attached hydrogens (tertiary/aromatic N) is 1. The van der Waals surface area contributed by atoms with Gasteiger partial charge in [-0.25, -0.2) is 0 Å². The van der Waals surface area contributed by atoms with Crippen LogP contribution in [0.2, 0.25) is 0 Å². The number of nitrogens with one attached hydrogen (secondary N) is 1. The number of nitrogen functional groups attached to an aromatic ring is 1. The van der Waals surface area contributed by atoms with Gasteiger partial charge in [-0.2, -0.15) is 0 Å². The average Bonchev–Trinajstić information content (AvgIpc) is 2.91. The zero-order chi connectivity index (χ0) is 12.4. The maximum atomic E-state index is 6.16. The molecular formula is C14H13N3S. The molecule has 0 amide bonds. The summed E-state index contributed by atoms with van der Waals surface area (Å²) in [6, 6.07) is 12.0. The third kappa shape index (κ3) is 2.02. The van der Waals surface area contributed by atoms with Crippen LogP contribution >= 0.6 is 11.3 Å². The highest BCUT2D eigenvalue weighted by Gasteiger charge is 2.04. The molecule has 0 atom stereocenters. The lowest BCUT2D eigenvalue weighted by Gasteiger charge is -2.10. The standard InChI is InChI=1S/C14H13N3S/c15-14-11-4-1-7-16-12(11)5-6-13(14)17-9-10-3-2-8-18-10/h1-8,17H,9,15H2. The predicted octanol–water partition coefficient (Wildman–Crippen LogP) is 3.49. The number of benzene rings is 1. The summed E-state index contributed by atoms with van der Waals surface area (Å²) >= 11 is 1.74. The molecule has 2 heterocycles. The number of thiophene rings is 1. The maximum Gasteiger partial charge on any atom is 0.0724 e. The van der Waals surface area contributed by atoms with Crippen LogP contribution < -0.4 is 11.1 Å². The number of hydrogen-bond acceptors (Lipinski definition) is 4. The Bertz CT molecular complexity index is 662. The van der Waals surface area contributed by atoms with Gasteiger partial charge in [-0.3, -0.25) is 4.98 Å². The summed E-state index contributed by atoms with van der Waals surface area (Å²) in [5, 5.41) is 6.43. The van der Waals surface area contributed by atoms with E-state index in [-0.39, 0.29) is 0 Å². The second kappa shape index (κ2) is 4.66. The second-order valence-electron chi connectivity index (χ2n) is 4.03. The first kappa shape index (κ1) is 11.0. The SMILES string of the molecule is Nc1c(NCc2cccs2)ccc2ncccc12. The lowest BCUT2D eigenvalue weighted by molar-refractivity contribution is 1.20. The molecule has 0 aliphatic rings. The summed E-state index contributed by atoms with van der Waals surface area (Å²) in [5.74, 6) is 0. The van der Waals surface area contributed by atoms with Crippen molar-refractivity contribution in [1.82, 2.24) is 4.98 Å². The van der Waals surface area contributed by atoms with Gasteiger partial charge in [0.25, 0.3) is 0 Å². The molecule has 3 aromatic rings. The second-order valence-corrected chi connectivity index (χ2v) is 5.06. The van der Waals surface area contributed by atoms with Gasteiger partial charge in [0.1, 0.15) is 0 Å². The van der Waals surface area contributed by atoms with Gasteiger partial charge in [0.05, 0.1) is 16.9 Å². The number of anilines is 2. The van der Waals surface area contributed by atoms with Crippen molar-refractivity contribution >= 4 is 33.6 Å². The molecule has 0 radical (unpaired) electrons. The maximum absolute atomic E-state index is 6.16. The van der Waals surface area contributed by atoms with Gasteiger partial charge in [0.15, 0.2) is 0 Å². The van der Waals surface area contributed by atoms with Crippen molar-refractivity contribution < 1.29 is 0 Å². The zero-order valence-corrected chi connectivity index (χ0v) is 10.6. The van der Waals surface area contributed by atoms with Crippen LogP contribution in [-0.4, -0.2) is 4.98 Å². The van der Waals surface area contributed by atoms with E-state index in [4.69, 9.17) is 5.73 Å². The van der Waals surface area contributed by atoms with Crippen LogP contribution in [-0.2, 0) is 6.54 Å². The van der Waals surface area contributed by atoms with Crippen LogP contribution in [0.4, 0.5) is 11.4 Å². The molecule has 3 N–H and O–H groups in total. The molecule has 0 saturated heterocycles. The average molecular weight is 255 g/mol. The molecular weight excluding hydrogens is 242 g/mol. The van der Waals surface area contributed by atoms with E-state index in [1.165, 1.54) is 4.88 Å². The van der Waals surface area contributed by atoms with Crippen molar-refractivity contribution in [3.8, 4) is 0 Å². The Kier molecular flexibility index (Phi) is 2.86. The number of nitrogens with two attached hydrogens (primary N) is 1. The highest BCUT2D eigenvalue weighted by molar-refractivity contribution is 7.09. The fourth-order valence-corrected chi connectivity index (χ4v) is 2.57. The van der Waals surface area contributed by atoms with Crippen LogP contribution in [0.1, 0.15) is 4.88 Å². The number of rotatable bonds is 3. The van der Waals surface area contributed by atoms with Crippen LogP contribution in [0.3, 0.4) is 0 Å². The third-order valence-corrected chi connectivity index (χ3v) is 3.74. The van der Waals surface area contributed by atoms with E-state index in [2.05, 4.69) is 27.8 Å². The fraction of sp³-hybridized carbons (Fsp3) is 0.0714. The van der Waals surface area contributed by atoms with Gasteiger partial charge in [-0.1, -0.05) is 6.07 Å². The first-order valence-corrected chi connectivity index (χ1v) is 6.62. The minimum atomic E-state index is 0.761. The molecule has 0 bridgehead atoms. The molecule has 1 aromatic carbocycles. The van der Waals surface area contributed by atoms with Gasteiger partial charge >= 0.3 is 0 Å². The highest BCUT2D eigenvalue weighted by Crippen LogP contribution is 2.27. The van der Waals surface area contributed by atoms with Gasteiger partial charge in [0.2, 0.25) is 0 Å². The lowest BCUT2D eigenvalue weighted by Crippen LogP contribution is -2.01. The lowest BCUT2D eigenvalue weighted by atomic mass is 10.1. The first-order chi connectivity index (χ1) is 8.84. The van der Waals surface area contributed by atoms with Crippen molar-refractivity contribution in [2.45, 2.75) is 6.54 Å².